The van der Waals surface area contributed by atoms with Crippen LogP contribution in [0.1, 0.15) is 58.8 Å². The molecule has 36 heavy (non-hydrogen) atoms. The van der Waals surface area contributed by atoms with E-state index in [0.717, 1.165) is 54.2 Å². The summed E-state index contributed by atoms with van der Waals surface area (Å²) in [5.41, 5.74) is 1.54. The number of hydrogen-bond donors (Lipinski definition) is 3. The van der Waals surface area contributed by atoms with Crippen LogP contribution in [0.4, 0.5) is 5.00 Å². The summed E-state index contributed by atoms with van der Waals surface area (Å²) in [5.74, 6) is 0.000920. The highest BCUT2D eigenvalue weighted by atomic mass is 32.1. The molecule has 8 nitrogen and oxygen atoms in total. The molecule has 2 aromatic heterocycles. The summed E-state index contributed by atoms with van der Waals surface area (Å²) in [4.78, 5) is 37.3. The van der Waals surface area contributed by atoms with Crippen molar-refractivity contribution in [3.63, 3.8) is 0 Å². The molecule has 2 amide bonds. The van der Waals surface area contributed by atoms with Crippen molar-refractivity contribution in [3.05, 3.63) is 42.9 Å². The number of unbranched alkanes of at least 4 members (excludes halogenated alkanes) is 1. The van der Waals surface area contributed by atoms with Crippen LogP contribution in [0.25, 0.3) is 10.7 Å². The number of anilines is 1. The van der Waals surface area contributed by atoms with E-state index in [1.165, 1.54) is 17.8 Å². The molecule has 2 aromatic rings. The quantitative estimate of drug-likeness (QED) is 0.367. The number of likely N-dealkylation sites (N-methyl/N-ethyl adjacent to an activating group) is 1. The van der Waals surface area contributed by atoms with Gasteiger partial charge in [0.15, 0.2) is 0 Å². The minimum atomic E-state index is -0.516. The average Bonchev–Trinajstić information content (AvgIpc) is 3.38. The van der Waals surface area contributed by atoms with Gasteiger partial charge in [-0.1, -0.05) is 56.6 Å². The second-order valence-electron chi connectivity index (χ2n) is 9.48. The number of nitrogens with zero attached hydrogens (tertiary/aromatic N) is 3. The maximum absolute atomic E-state index is 13.9. The van der Waals surface area contributed by atoms with Gasteiger partial charge in [-0.15, -0.1) is 0 Å². The van der Waals surface area contributed by atoms with Crippen LogP contribution in [-0.4, -0.2) is 58.9 Å². The molecule has 1 fully saturated rings. The van der Waals surface area contributed by atoms with E-state index in [0.29, 0.717) is 18.8 Å². The molecule has 3 N–H and O–H groups in total. The highest BCUT2D eigenvalue weighted by Gasteiger charge is 2.34. The van der Waals surface area contributed by atoms with Crippen molar-refractivity contribution >= 4 is 28.2 Å². The number of thiazole rings is 1. The van der Waals surface area contributed by atoms with Gasteiger partial charge in [-0.3, -0.25) is 14.6 Å². The van der Waals surface area contributed by atoms with E-state index in [-0.39, 0.29) is 23.8 Å². The highest BCUT2D eigenvalue weighted by molar-refractivity contribution is 7.18. The van der Waals surface area contributed by atoms with Crippen molar-refractivity contribution in [1.82, 2.24) is 25.5 Å². The number of carbonyl (C=O) groups excluding carboxylic acids is 2. The van der Waals surface area contributed by atoms with E-state index < -0.39 is 6.04 Å². The normalized spacial score (nSPS) is 15.6. The van der Waals surface area contributed by atoms with E-state index >= 15 is 0 Å². The molecule has 0 bridgehead atoms. The first-order chi connectivity index (χ1) is 17.4. The lowest BCUT2D eigenvalue weighted by atomic mass is 9.83. The van der Waals surface area contributed by atoms with Crippen LogP contribution in [0.15, 0.2) is 42.9 Å². The van der Waals surface area contributed by atoms with E-state index in [9.17, 15) is 9.59 Å². The summed E-state index contributed by atoms with van der Waals surface area (Å²) >= 11 is 1.50. The molecule has 0 aromatic carbocycles. The standard InChI is InChI=1S/C27H40N6O2S/c1-5-6-16-33(18-19(2)31-23-17-30-26(36-23)22-14-10-11-15-29-22)27(35)24(21-12-8-7-9-13-21)32-25(34)20(3)28-4/h10-11,14-15,17,20-21,24,28,31H,2,5-9,12-13,16,18H2,1,3-4H3,(H,32,34)/t20-,24?/m0/s1. The largest absolute Gasteiger partial charge is 0.348 e. The molecule has 1 aliphatic rings. The first kappa shape index (κ1) is 27.8. The van der Waals surface area contributed by atoms with E-state index in [1.54, 1.807) is 19.4 Å². The molecule has 0 aliphatic heterocycles. The van der Waals surface area contributed by atoms with Crippen LogP contribution in [0.3, 0.4) is 0 Å². The molecule has 0 spiro atoms. The Kier molecular flexibility index (Phi) is 10.9. The molecule has 1 unspecified atom stereocenters. The Bertz CT molecular complexity index is 989. The predicted octanol–water partition coefficient (Wildman–Crippen LogP) is 4.43. The zero-order valence-electron chi connectivity index (χ0n) is 21.8. The van der Waals surface area contributed by atoms with Crippen LogP contribution in [0.2, 0.25) is 0 Å². The first-order valence-electron chi connectivity index (χ1n) is 13.0. The van der Waals surface area contributed by atoms with Gasteiger partial charge in [0.2, 0.25) is 11.8 Å². The minimum absolute atomic E-state index is 0.0200. The molecular weight excluding hydrogens is 472 g/mol. The Morgan fingerprint density at radius 3 is 2.67 bits per heavy atom. The number of carbonyl (C=O) groups is 2. The second kappa shape index (κ2) is 14.1. The number of pyridine rings is 1. The van der Waals surface area contributed by atoms with Crippen LogP contribution in [0.5, 0.6) is 0 Å². The predicted molar refractivity (Wildman–Crippen MR) is 147 cm³/mol. The van der Waals surface area contributed by atoms with Crippen molar-refractivity contribution in [1.29, 1.82) is 0 Å². The third-order valence-electron chi connectivity index (χ3n) is 6.68. The monoisotopic (exact) mass is 512 g/mol. The molecule has 3 rings (SSSR count). The van der Waals surface area contributed by atoms with E-state index in [1.807, 2.05) is 30.0 Å². The van der Waals surface area contributed by atoms with E-state index in [4.69, 9.17) is 0 Å². The van der Waals surface area contributed by atoms with Gasteiger partial charge in [0.1, 0.15) is 16.1 Å². The fourth-order valence-corrected chi connectivity index (χ4v) is 5.29. The number of nitrogens with one attached hydrogen (secondary N) is 3. The molecule has 0 radical (unpaired) electrons. The summed E-state index contributed by atoms with van der Waals surface area (Å²) in [6.45, 7) is 9.12. The van der Waals surface area contributed by atoms with Crippen LogP contribution in [0, 0.1) is 5.92 Å². The van der Waals surface area contributed by atoms with Crippen molar-refractivity contribution in [3.8, 4) is 10.7 Å². The summed E-state index contributed by atoms with van der Waals surface area (Å²) in [7, 11) is 1.75. The Labute approximate surface area is 219 Å². The van der Waals surface area contributed by atoms with Gasteiger partial charge in [0.05, 0.1) is 24.5 Å². The summed E-state index contributed by atoms with van der Waals surface area (Å²) in [5, 5.41) is 11.1. The molecule has 9 heteroatoms. The van der Waals surface area contributed by atoms with Crippen LogP contribution < -0.4 is 16.0 Å². The zero-order valence-corrected chi connectivity index (χ0v) is 22.6. The van der Waals surface area contributed by atoms with Crippen molar-refractivity contribution in [2.24, 2.45) is 5.92 Å². The molecule has 1 saturated carbocycles. The summed E-state index contributed by atoms with van der Waals surface area (Å²) in [6.07, 6.45) is 10.7. The first-order valence-corrected chi connectivity index (χ1v) is 13.8. The van der Waals surface area contributed by atoms with Gasteiger partial charge in [-0.05, 0) is 51.3 Å². The molecule has 0 saturated heterocycles. The lowest BCUT2D eigenvalue weighted by molar-refractivity contribution is -0.138. The fourth-order valence-electron chi connectivity index (χ4n) is 4.45. The molecular formula is C27H40N6O2S. The highest BCUT2D eigenvalue weighted by Crippen LogP contribution is 2.29. The third kappa shape index (κ3) is 7.86. The lowest BCUT2D eigenvalue weighted by Crippen LogP contribution is -2.56. The number of aromatic nitrogens is 2. The van der Waals surface area contributed by atoms with Crippen molar-refractivity contribution < 1.29 is 9.59 Å². The second-order valence-corrected chi connectivity index (χ2v) is 10.5. The Hall–Kier alpha value is -2.78. The number of hydrogen-bond acceptors (Lipinski definition) is 7. The molecule has 2 heterocycles. The molecule has 196 valence electrons. The third-order valence-corrected chi connectivity index (χ3v) is 7.61. The SMILES string of the molecule is C=C(CN(CCCC)C(=O)C(NC(=O)[C@H](C)NC)C1CCCCC1)Nc1cnc(-c2ccccn2)s1. The average molecular weight is 513 g/mol. The number of amides is 2. The van der Waals surface area contributed by atoms with Gasteiger partial charge >= 0.3 is 0 Å². The van der Waals surface area contributed by atoms with Gasteiger partial charge in [-0.2, -0.15) is 0 Å². The maximum Gasteiger partial charge on any atom is 0.245 e. The van der Waals surface area contributed by atoms with Gasteiger partial charge in [0, 0.05) is 18.4 Å². The topological polar surface area (TPSA) is 99.2 Å². The van der Waals surface area contributed by atoms with Gasteiger partial charge in [0.25, 0.3) is 0 Å². The Morgan fingerprint density at radius 1 is 1.22 bits per heavy atom. The number of rotatable bonds is 13. The summed E-state index contributed by atoms with van der Waals surface area (Å²) < 4.78 is 0. The summed E-state index contributed by atoms with van der Waals surface area (Å²) in [6, 6.07) is 4.87. The van der Waals surface area contributed by atoms with Gasteiger partial charge < -0.3 is 20.9 Å². The Morgan fingerprint density at radius 2 is 2.00 bits per heavy atom. The Balaban J connectivity index is 1.71. The lowest BCUT2D eigenvalue weighted by Gasteiger charge is -2.35. The molecule has 2 atom stereocenters. The maximum atomic E-state index is 13.9. The van der Waals surface area contributed by atoms with Gasteiger partial charge in [-0.25, -0.2) is 4.98 Å². The van der Waals surface area contributed by atoms with Crippen molar-refractivity contribution in [2.75, 3.05) is 25.5 Å². The van der Waals surface area contributed by atoms with Crippen molar-refractivity contribution in [2.45, 2.75) is 70.9 Å². The zero-order chi connectivity index (χ0) is 25.9. The van der Waals surface area contributed by atoms with E-state index in [2.05, 4.69) is 39.4 Å². The fraction of sp³-hybridized carbons (Fsp3) is 0.556. The van der Waals surface area contributed by atoms with Crippen LogP contribution in [-0.2, 0) is 9.59 Å². The minimum Gasteiger partial charge on any atom is -0.348 e. The smallest absolute Gasteiger partial charge is 0.245 e. The molecule has 1 aliphatic carbocycles. The van der Waals surface area contributed by atoms with Crippen LogP contribution >= 0.6 is 11.3 Å².